The lowest BCUT2D eigenvalue weighted by molar-refractivity contribution is -0.136. The van der Waals surface area contributed by atoms with Gasteiger partial charge in [-0.25, -0.2) is 0 Å². The predicted octanol–water partition coefficient (Wildman–Crippen LogP) is 3.41. The van der Waals surface area contributed by atoms with Gasteiger partial charge in [0.1, 0.15) is 6.61 Å². The Morgan fingerprint density at radius 3 is 2.76 bits per heavy atom. The number of nitrogens with zero attached hydrogens (tertiary/aromatic N) is 1. The van der Waals surface area contributed by atoms with Crippen molar-refractivity contribution in [1.82, 2.24) is 10.2 Å². The maximum absolute atomic E-state index is 10.9. The van der Waals surface area contributed by atoms with E-state index in [4.69, 9.17) is 9.84 Å². The Labute approximate surface area is 173 Å². The number of nitrogens with one attached hydrogen (secondary N) is 1. The van der Waals surface area contributed by atoms with Gasteiger partial charge in [0.05, 0.1) is 12.2 Å². The third-order valence-electron chi connectivity index (χ3n) is 6.39. The summed E-state index contributed by atoms with van der Waals surface area (Å²) in [6.07, 6.45) is 6.06. The van der Waals surface area contributed by atoms with Crippen LogP contribution in [0.1, 0.15) is 37.7 Å². The second-order valence-corrected chi connectivity index (χ2v) is 8.79. The fraction of sp³-hybridized carbons (Fsp3) is 0.542. The molecule has 0 radical (unpaired) electrons. The number of carboxylic acid groups (broad SMARTS) is 1. The topological polar surface area (TPSA) is 61.8 Å². The molecule has 3 atom stereocenters. The van der Waals surface area contributed by atoms with Gasteiger partial charge < -0.3 is 15.2 Å². The molecule has 0 amide bonds. The molecule has 0 aromatic heterocycles. The summed E-state index contributed by atoms with van der Waals surface area (Å²) in [6, 6.07) is 11.5. The molecule has 1 unspecified atom stereocenters. The zero-order valence-electron chi connectivity index (χ0n) is 17.2. The van der Waals surface area contributed by atoms with E-state index in [1.54, 1.807) is 0 Å². The van der Waals surface area contributed by atoms with E-state index in [2.05, 4.69) is 47.5 Å². The molecular weight excluding hydrogens is 364 g/mol. The van der Waals surface area contributed by atoms with E-state index in [9.17, 15) is 4.79 Å². The van der Waals surface area contributed by atoms with Crippen molar-refractivity contribution < 1.29 is 14.6 Å². The van der Waals surface area contributed by atoms with Gasteiger partial charge in [0.25, 0.3) is 0 Å². The largest absolute Gasteiger partial charge is 0.497 e. The normalized spacial score (nSPS) is 27.0. The Kier molecular flexibility index (Phi) is 6.36. The van der Waals surface area contributed by atoms with Crippen molar-refractivity contribution in [3.8, 4) is 0 Å². The van der Waals surface area contributed by atoms with Gasteiger partial charge in [-0.15, -0.1) is 0 Å². The first-order valence-electron chi connectivity index (χ1n) is 10.8. The van der Waals surface area contributed by atoms with E-state index >= 15 is 0 Å². The van der Waals surface area contributed by atoms with Crippen LogP contribution in [0.5, 0.6) is 0 Å². The van der Waals surface area contributed by atoms with Crippen molar-refractivity contribution >= 4 is 5.97 Å². The standard InChI is InChI=1S/C24H32N2O3/c1-17-11-21(8-7-20(17)12-24(27)28)29-10-9-26-15-18(16-26)14-25-23-13-22(23)19-5-3-2-4-6-19/h2-8,17-18,22-23,25H,9-16H2,1H3,(H,27,28)/t17?,22-,23+/m0/s1. The van der Waals surface area contributed by atoms with Crippen molar-refractivity contribution in [2.45, 2.75) is 38.1 Å². The van der Waals surface area contributed by atoms with E-state index in [-0.39, 0.29) is 12.3 Å². The quantitative estimate of drug-likeness (QED) is 0.635. The highest BCUT2D eigenvalue weighted by atomic mass is 16.5. The molecule has 0 bridgehead atoms. The first kappa shape index (κ1) is 20.2. The highest BCUT2D eigenvalue weighted by molar-refractivity contribution is 5.70. The summed E-state index contributed by atoms with van der Waals surface area (Å²) in [4.78, 5) is 13.3. The number of likely N-dealkylation sites (tertiary alicyclic amines) is 1. The Bertz CT molecular complexity index is 768. The summed E-state index contributed by atoms with van der Waals surface area (Å²) in [5, 5.41) is 12.7. The summed E-state index contributed by atoms with van der Waals surface area (Å²) in [5.74, 6) is 1.91. The lowest BCUT2D eigenvalue weighted by Gasteiger charge is -2.39. The minimum atomic E-state index is -0.764. The average Bonchev–Trinajstić information content (AvgIpc) is 3.45. The van der Waals surface area contributed by atoms with E-state index < -0.39 is 5.97 Å². The summed E-state index contributed by atoms with van der Waals surface area (Å²) in [7, 11) is 0. The fourth-order valence-corrected chi connectivity index (χ4v) is 4.48. The molecule has 29 heavy (non-hydrogen) atoms. The average molecular weight is 397 g/mol. The number of allylic oxidation sites excluding steroid dienone is 3. The van der Waals surface area contributed by atoms with E-state index in [1.165, 1.54) is 12.0 Å². The SMILES string of the molecule is CC1CC(OCCN2CC(CN[C@@H]3C[C@H]3c3ccccc3)C2)=CC=C1CC(=O)O. The van der Waals surface area contributed by atoms with Gasteiger partial charge in [0.2, 0.25) is 0 Å². The predicted molar refractivity (Wildman–Crippen MR) is 114 cm³/mol. The van der Waals surface area contributed by atoms with Gasteiger partial charge in [-0.1, -0.05) is 48.9 Å². The fourth-order valence-electron chi connectivity index (χ4n) is 4.48. The second-order valence-electron chi connectivity index (χ2n) is 8.79. The molecule has 1 aliphatic heterocycles. The summed E-state index contributed by atoms with van der Waals surface area (Å²) in [5.41, 5.74) is 2.45. The van der Waals surface area contributed by atoms with Crippen LogP contribution in [0.3, 0.4) is 0 Å². The number of carboxylic acids is 1. The first-order valence-corrected chi connectivity index (χ1v) is 10.8. The molecule has 2 fully saturated rings. The van der Waals surface area contributed by atoms with E-state index in [0.29, 0.717) is 18.6 Å². The van der Waals surface area contributed by atoms with Crippen LogP contribution in [0.4, 0.5) is 0 Å². The van der Waals surface area contributed by atoms with Crippen LogP contribution in [0.15, 0.2) is 53.8 Å². The van der Waals surface area contributed by atoms with Gasteiger partial charge >= 0.3 is 5.97 Å². The third kappa shape index (κ3) is 5.49. The summed E-state index contributed by atoms with van der Waals surface area (Å²) in [6.45, 7) is 7.16. The molecule has 2 aliphatic carbocycles. The molecule has 3 aliphatic rings. The molecule has 1 saturated heterocycles. The van der Waals surface area contributed by atoms with Crippen LogP contribution in [0.2, 0.25) is 0 Å². The van der Waals surface area contributed by atoms with Crippen molar-refractivity contribution in [2.24, 2.45) is 11.8 Å². The van der Waals surface area contributed by atoms with Crippen LogP contribution in [0.25, 0.3) is 0 Å². The zero-order chi connectivity index (χ0) is 20.2. The van der Waals surface area contributed by atoms with Crippen LogP contribution in [-0.2, 0) is 9.53 Å². The lowest BCUT2D eigenvalue weighted by Crippen LogP contribution is -2.51. The van der Waals surface area contributed by atoms with Crippen LogP contribution in [-0.4, -0.2) is 54.8 Å². The highest BCUT2D eigenvalue weighted by Gasteiger charge is 2.38. The molecule has 0 spiro atoms. The Hall–Kier alpha value is -2.11. The van der Waals surface area contributed by atoms with Crippen molar-refractivity contribution in [3.63, 3.8) is 0 Å². The molecule has 1 aromatic rings. The minimum absolute atomic E-state index is 0.126. The third-order valence-corrected chi connectivity index (χ3v) is 6.39. The van der Waals surface area contributed by atoms with Crippen LogP contribution in [0, 0.1) is 11.8 Å². The number of carbonyl (C=O) groups is 1. The zero-order valence-corrected chi connectivity index (χ0v) is 17.2. The van der Waals surface area contributed by atoms with Crippen molar-refractivity contribution in [3.05, 3.63) is 59.4 Å². The first-order chi connectivity index (χ1) is 14.1. The lowest BCUT2D eigenvalue weighted by atomic mass is 9.90. The number of rotatable bonds is 10. The minimum Gasteiger partial charge on any atom is -0.497 e. The Morgan fingerprint density at radius 1 is 1.24 bits per heavy atom. The van der Waals surface area contributed by atoms with Crippen molar-refractivity contribution in [2.75, 3.05) is 32.8 Å². The summed E-state index contributed by atoms with van der Waals surface area (Å²) >= 11 is 0. The van der Waals surface area contributed by atoms with Gasteiger partial charge in [0, 0.05) is 44.6 Å². The van der Waals surface area contributed by atoms with E-state index in [1.807, 2.05) is 12.2 Å². The Morgan fingerprint density at radius 2 is 2.03 bits per heavy atom. The van der Waals surface area contributed by atoms with Crippen LogP contribution < -0.4 is 5.32 Å². The van der Waals surface area contributed by atoms with Crippen molar-refractivity contribution in [1.29, 1.82) is 0 Å². The van der Waals surface area contributed by atoms with Gasteiger partial charge in [-0.2, -0.15) is 0 Å². The molecular formula is C24H32N2O3. The molecule has 4 rings (SSSR count). The molecule has 156 valence electrons. The van der Waals surface area contributed by atoms with E-state index in [0.717, 1.165) is 49.9 Å². The van der Waals surface area contributed by atoms with Gasteiger partial charge in [-0.3, -0.25) is 9.69 Å². The maximum atomic E-state index is 10.9. The maximum Gasteiger partial charge on any atom is 0.307 e. The monoisotopic (exact) mass is 396 g/mol. The Balaban J connectivity index is 1.08. The molecule has 5 heteroatoms. The van der Waals surface area contributed by atoms with Gasteiger partial charge in [-0.05, 0) is 29.9 Å². The smallest absolute Gasteiger partial charge is 0.307 e. The van der Waals surface area contributed by atoms with Gasteiger partial charge in [0.15, 0.2) is 0 Å². The molecule has 1 aromatic carbocycles. The molecule has 1 heterocycles. The molecule has 2 N–H and O–H groups in total. The number of hydrogen-bond acceptors (Lipinski definition) is 4. The number of ether oxygens (including phenoxy) is 1. The molecule has 1 saturated carbocycles. The second kappa shape index (κ2) is 9.14. The van der Waals surface area contributed by atoms with Crippen LogP contribution >= 0.6 is 0 Å². The number of aliphatic carboxylic acids is 1. The number of hydrogen-bond donors (Lipinski definition) is 2. The number of benzene rings is 1. The summed E-state index contributed by atoms with van der Waals surface area (Å²) < 4.78 is 5.93. The highest BCUT2D eigenvalue weighted by Crippen LogP contribution is 2.40. The molecule has 5 nitrogen and oxygen atoms in total.